The molecule has 0 aliphatic carbocycles. The lowest BCUT2D eigenvalue weighted by Crippen LogP contribution is -2.02. The van der Waals surface area contributed by atoms with Crippen LogP contribution in [0.2, 0.25) is 0 Å². The van der Waals surface area contributed by atoms with Crippen LogP contribution in [-0.2, 0) is 12.8 Å². The maximum atomic E-state index is 8.84. The van der Waals surface area contributed by atoms with Crippen molar-refractivity contribution in [1.82, 2.24) is 0 Å². The molecule has 0 bridgehead atoms. The Hall–Kier alpha value is -1.32. The van der Waals surface area contributed by atoms with Gasteiger partial charge in [0.05, 0.1) is 6.61 Å². The van der Waals surface area contributed by atoms with Crippen molar-refractivity contribution in [1.29, 1.82) is 0 Å². The Morgan fingerprint density at radius 2 is 2.04 bits per heavy atom. The SMILES string of the molecule is CCc1cc(CCC(CC)c2cccs2)ccc1OCCCCO. The number of benzene rings is 1. The van der Waals surface area contributed by atoms with Gasteiger partial charge in [0.2, 0.25) is 0 Å². The zero-order valence-electron chi connectivity index (χ0n) is 15.0. The normalized spacial score (nSPS) is 12.3. The number of hydrogen-bond donors (Lipinski definition) is 1. The molecule has 0 radical (unpaired) electrons. The summed E-state index contributed by atoms with van der Waals surface area (Å²) in [5, 5.41) is 11.0. The molecule has 1 aromatic heterocycles. The third kappa shape index (κ3) is 5.64. The van der Waals surface area contributed by atoms with E-state index in [2.05, 4.69) is 49.6 Å². The number of thiophene rings is 1. The van der Waals surface area contributed by atoms with Gasteiger partial charge in [0, 0.05) is 11.5 Å². The summed E-state index contributed by atoms with van der Waals surface area (Å²) in [6, 6.07) is 11.1. The van der Waals surface area contributed by atoms with Crippen LogP contribution in [0.25, 0.3) is 0 Å². The van der Waals surface area contributed by atoms with E-state index in [4.69, 9.17) is 9.84 Å². The molecule has 1 heterocycles. The summed E-state index contributed by atoms with van der Waals surface area (Å²) in [5.41, 5.74) is 2.70. The van der Waals surface area contributed by atoms with Gasteiger partial charge in [-0.25, -0.2) is 0 Å². The van der Waals surface area contributed by atoms with E-state index in [1.807, 2.05) is 11.3 Å². The lowest BCUT2D eigenvalue weighted by molar-refractivity contribution is 0.252. The number of aliphatic hydroxyl groups is 1. The standard InChI is InChI=1S/C21H30O2S/c1-3-18(21-8-7-15-24-21)11-9-17-10-12-20(19(4-2)16-17)23-14-6-5-13-22/h7-8,10,12,15-16,18,22H,3-6,9,11,13-14H2,1-2H3. The van der Waals surface area contributed by atoms with E-state index in [9.17, 15) is 0 Å². The molecule has 0 fully saturated rings. The van der Waals surface area contributed by atoms with E-state index < -0.39 is 0 Å². The average molecular weight is 347 g/mol. The number of aryl methyl sites for hydroxylation is 2. The molecule has 0 aliphatic rings. The molecule has 0 spiro atoms. The van der Waals surface area contributed by atoms with E-state index in [-0.39, 0.29) is 6.61 Å². The van der Waals surface area contributed by atoms with Gasteiger partial charge in [-0.1, -0.05) is 32.0 Å². The molecule has 1 aromatic carbocycles. The van der Waals surface area contributed by atoms with Gasteiger partial charge in [-0.15, -0.1) is 11.3 Å². The molecular weight excluding hydrogens is 316 g/mol. The Labute approximate surface area is 150 Å². The fourth-order valence-electron chi connectivity index (χ4n) is 3.01. The van der Waals surface area contributed by atoms with Crippen LogP contribution in [-0.4, -0.2) is 18.3 Å². The minimum absolute atomic E-state index is 0.242. The Balaban J connectivity index is 1.93. The Morgan fingerprint density at radius 1 is 1.17 bits per heavy atom. The van der Waals surface area contributed by atoms with Gasteiger partial charge in [-0.3, -0.25) is 0 Å². The predicted molar refractivity (Wildman–Crippen MR) is 103 cm³/mol. The summed E-state index contributed by atoms with van der Waals surface area (Å²) < 4.78 is 5.88. The largest absolute Gasteiger partial charge is 0.493 e. The van der Waals surface area contributed by atoms with E-state index in [0.717, 1.165) is 31.4 Å². The highest BCUT2D eigenvalue weighted by atomic mass is 32.1. The highest BCUT2D eigenvalue weighted by Crippen LogP contribution is 2.29. The maximum Gasteiger partial charge on any atom is 0.122 e. The van der Waals surface area contributed by atoms with Gasteiger partial charge >= 0.3 is 0 Å². The number of rotatable bonds is 11. The molecule has 2 nitrogen and oxygen atoms in total. The van der Waals surface area contributed by atoms with Gasteiger partial charge in [0.1, 0.15) is 5.75 Å². The lowest BCUT2D eigenvalue weighted by atomic mass is 9.94. The molecule has 0 aliphatic heterocycles. The fourth-order valence-corrected chi connectivity index (χ4v) is 3.96. The maximum absolute atomic E-state index is 8.84. The molecule has 1 atom stereocenters. The summed E-state index contributed by atoms with van der Waals surface area (Å²) in [6.45, 7) is 5.39. The number of unbranched alkanes of at least 4 members (excludes halogenated alkanes) is 1. The van der Waals surface area contributed by atoms with Crippen LogP contribution in [0.4, 0.5) is 0 Å². The molecule has 2 aromatic rings. The molecule has 2 rings (SSSR count). The summed E-state index contributed by atoms with van der Waals surface area (Å²) in [5.74, 6) is 1.67. The Kier molecular flexibility index (Phi) is 8.34. The molecule has 1 unspecified atom stereocenters. The van der Waals surface area contributed by atoms with Crippen molar-refractivity contribution in [3.05, 3.63) is 51.7 Å². The van der Waals surface area contributed by atoms with Gasteiger partial charge in [-0.2, -0.15) is 0 Å². The Bertz CT molecular complexity index is 578. The fraction of sp³-hybridized carbons (Fsp3) is 0.524. The van der Waals surface area contributed by atoms with Crippen LogP contribution in [0.3, 0.4) is 0 Å². The first-order chi connectivity index (χ1) is 11.8. The van der Waals surface area contributed by atoms with Crippen molar-refractivity contribution in [3.63, 3.8) is 0 Å². The molecule has 0 saturated carbocycles. The third-order valence-electron chi connectivity index (χ3n) is 4.54. The molecule has 132 valence electrons. The quantitative estimate of drug-likeness (QED) is 0.538. The number of ether oxygens (including phenoxy) is 1. The van der Waals surface area contributed by atoms with E-state index in [0.29, 0.717) is 12.5 Å². The molecule has 1 N–H and O–H groups in total. The van der Waals surface area contributed by atoms with Crippen molar-refractivity contribution in [2.75, 3.05) is 13.2 Å². The second-order valence-electron chi connectivity index (χ2n) is 6.23. The van der Waals surface area contributed by atoms with Crippen LogP contribution in [0.15, 0.2) is 35.7 Å². The third-order valence-corrected chi connectivity index (χ3v) is 5.57. The minimum Gasteiger partial charge on any atom is -0.493 e. The van der Waals surface area contributed by atoms with Crippen LogP contribution >= 0.6 is 11.3 Å². The van der Waals surface area contributed by atoms with Crippen LogP contribution in [0.1, 0.15) is 61.5 Å². The number of hydrogen-bond acceptors (Lipinski definition) is 3. The van der Waals surface area contributed by atoms with E-state index in [1.54, 1.807) is 0 Å². The van der Waals surface area contributed by atoms with Crippen LogP contribution in [0.5, 0.6) is 5.75 Å². The lowest BCUT2D eigenvalue weighted by Gasteiger charge is -2.15. The first-order valence-corrected chi connectivity index (χ1v) is 10.0. The van der Waals surface area contributed by atoms with Gasteiger partial charge in [0.25, 0.3) is 0 Å². The average Bonchev–Trinajstić information content (AvgIpc) is 3.14. The van der Waals surface area contributed by atoms with Crippen molar-refractivity contribution < 1.29 is 9.84 Å². The van der Waals surface area contributed by atoms with Gasteiger partial charge < -0.3 is 9.84 Å². The predicted octanol–water partition coefficient (Wildman–Crippen LogP) is 5.59. The second-order valence-corrected chi connectivity index (χ2v) is 7.21. The van der Waals surface area contributed by atoms with Crippen molar-refractivity contribution >= 4 is 11.3 Å². The second kappa shape index (κ2) is 10.5. The van der Waals surface area contributed by atoms with Crippen LogP contribution in [0, 0.1) is 0 Å². The zero-order chi connectivity index (χ0) is 17.2. The van der Waals surface area contributed by atoms with Crippen LogP contribution < -0.4 is 4.74 Å². The Morgan fingerprint density at radius 3 is 2.71 bits per heavy atom. The van der Waals surface area contributed by atoms with Gasteiger partial charge in [-0.05, 0) is 73.1 Å². The smallest absolute Gasteiger partial charge is 0.122 e. The first kappa shape index (κ1) is 19.0. The number of aliphatic hydroxyl groups excluding tert-OH is 1. The summed E-state index contributed by atoms with van der Waals surface area (Å²) >= 11 is 1.88. The van der Waals surface area contributed by atoms with E-state index >= 15 is 0 Å². The first-order valence-electron chi connectivity index (χ1n) is 9.17. The highest BCUT2D eigenvalue weighted by Gasteiger charge is 2.11. The monoisotopic (exact) mass is 346 g/mol. The molecule has 0 saturated heterocycles. The molecule has 3 heteroatoms. The van der Waals surface area contributed by atoms with Crippen molar-refractivity contribution in [2.24, 2.45) is 0 Å². The summed E-state index contributed by atoms with van der Waals surface area (Å²) in [7, 11) is 0. The summed E-state index contributed by atoms with van der Waals surface area (Å²) in [4.78, 5) is 1.51. The summed E-state index contributed by atoms with van der Waals surface area (Å²) in [6.07, 6.45) is 6.23. The topological polar surface area (TPSA) is 29.5 Å². The zero-order valence-corrected chi connectivity index (χ0v) is 15.8. The molecule has 0 amide bonds. The van der Waals surface area contributed by atoms with Gasteiger partial charge in [0.15, 0.2) is 0 Å². The molecule has 24 heavy (non-hydrogen) atoms. The molecular formula is C21H30O2S. The minimum atomic E-state index is 0.242. The van der Waals surface area contributed by atoms with E-state index in [1.165, 1.54) is 28.8 Å². The van der Waals surface area contributed by atoms with Crippen molar-refractivity contribution in [2.45, 2.75) is 58.3 Å². The van der Waals surface area contributed by atoms with Crippen molar-refractivity contribution in [3.8, 4) is 5.75 Å². The highest BCUT2D eigenvalue weighted by molar-refractivity contribution is 7.10.